The monoisotopic (exact) mass is 678 g/mol. The lowest BCUT2D eigenvalue weighted by molar-refractivity contribution is -0.277. The number of benzene rings is 1. The molecule has 5 rings (SSSR count). The van der Waals surface area contributed by atoms with Gasteiger partial charge in [0.1, 0.15) is 36.3 Å². The number of aliphatic hydroxyl groups excluding tert-OH is 6. The fraction of sp³-hybridized carbons (Fsp3) is 0.750. The molecule has 1 saturated heterocycles. The third-order valence-electron chi connectivity index (χ3n) is 13.0. The molecule has 8 N–H and O–H groups in total. The van der Waals surface area contributed by atoms with Crippen molar-refractivity contribution in [2.75, 3.05) is 13.7 Å². The quantitative estimate of drug-likeness (QED) is 0.182. The number of ether oxygens (including phenoxy) is 3. The lowest BCUT2D eigenvalue weighted by atomic mass is 9.41. The van der Waals surface area contributed by atoms with Gasteiger partial charge in [-0.25, -0.2) is 0 Å². The summed E-state index contributed by atoms with van der Waals surface area (Å²) in [6, 6.07) is 1.57. The third kappa shape index (κ3) is 5.34. The van der Waals surface area contributed by atoms with Gasteiger partial charge in [0.25, 0.3) is 0 Å². The van der Waals surface area contributed by atoms with Gasteiger partial charge in [0, 0.05) is 19.4 Å². The van der Waals surface area contributed by atoms with Crippen LogP contribution in [0.4, 0.5) is 0 Å². The van der Waals surface area contributed by atoms with Gasteiger partial charge >= 0.3 is 0 Å². The zero-order valence-electron chi connectivity index (χ0n) is 29.2. The van der Waals surface area contributed by atoms with Gasteiger partial charge in [-0.2, -0.15) is 0 Å². The predicted molar refractivity (Wildman–Crippen MR) is 173 cm³/mol. The highest BCUT2D eigenvalue weighted by atomic mass is 16.7. The van der Waals surface area contributed by atoms with Crippen molar-refractivity contribution in [3.63, 3.8) is 0 Å². The second-order valence-corrected chi connectivity index (χ2v) is 16.0. The Labute approximate surface area is 282 Å². The van der Waals surface area contributed by atoms with Crippen LogP contribution in [0, 0.1) is 29.6 Å². The Morgan fingerprint density at radius 2 is 1.73 bits per heavy atom. The van der Waals surface area contributed by atoms with E-state index in [4.69, 9.17) is 14.2 Å². The first-order valence-electron chi connectivity index (χ1n) is 16.8. The van der Waals surface area contributed by atoms with Gasteiger partial charge < -0.3 is 55.1 Å². The van der Waals surface area contributed by atoms with Crippen LogP contribution in [-0.4, -0.2) is 114 Å². The van der Waals surface area contributed by atoms with Crippen molar-refractivity contribution in [2.24, 2.45) is 22.7 Å². The molecule has 13 atom stereocenters. The van der Waals surface area contributed by atoms with Crippen LogP contribution in [0.15, 0.2) is 18.2 Å². The Hall–Kier alpha value is -2.13. The number of carbonyl (C=O) groups excluding carboxylic acids is 1. The Balaban J connectivity index is 1.54. The minimum absolute atomic E-state index is 0.0106. The van der Waals surface area contributed by atoms with Crippen LogP contribution in [0.3, 0.4) is 0 Å². The minimum atomic E-state index is -1.79. The number of hydrogen-bond donors (Lipinski definition) is 8. The minimum Gasteiger partial charge on any atom is -0.504 e. The van der Waals surface area contributed by atoms with Crippen molar-refractivity contribution in [2.45, 2.75) is 134 Å². The molecule has 3 aliphatic carbocycles. The van der Waals surface area contributed by atoms with E-state index in [1.54, 1.807) is 26.2 Å². The molecule has 4 aliphatic rings. The number of Topliss-reactive ketones (excluding diaryl/α,β-unsaturated/α-hetero) is 1. The van der Waals surface area contributed by atoms with E-state index in [0.717, 1.165) is 5.56 Å². The average Bonchev–Trinajstić information content (AvgIpc) is 3.23. The summed E-state index contributed by atoms with van der Waals surface area (Å²) in [5.74, 6) is -1.58. The Kier molecular flexibility index (Phi) is 9.50. The van der Waals surface area contributed by atoms with E-state index in [0.29, 0.717) is 30.4 Å². The molecule has 0 amide bonds. The van der Waals surface area contributed by atoms with E-state index in [9.17, 15) is 45.6 Å². The van der Waals surface area contributed by atoms with E-state index < -0.39 is 82.9 Å². The van der Waals surface area contributed by atoms with Crippen LogP contribution >= 0.6 is 0 Å². The predicted octanol–water partition coefficient (Wildman–Crippen LogP) is 1.16. The lowest BCUT2D eigenvalue weighted by Gasteiger charge is -2.62. The topological polar surface area (TPSA) is 207 Å². The molecule has 12 heteroatoms. The van der Waals surface area contributed by atoms with Crippen LogP contribution in [0.1, 0.15) is 77.5 Å². The highest BCUT2D eigenvalue weighted by molar-refractivity contribution is 5.93. The number of aliphatic hydroxyl groups is 7. The molecule has 1 aromatic carbocycles. The van der Waals surface area contributed by atoms with Gasteiger partial charge in [0.15, 0.2) is 11.5 Å². The van der Waals surface area contributed by atoms with Crippen LogP contribution in [0.2, 0.25) is 0 Å². The summed E-state index contributed by atoms with van der Waals surface area (Å²) in [6.07, 6.45) is -5.56. The molecule has 2 saturated carbocycles. The van der Waals surface area contributed by atoms with Gasteiger partial charge in [0.2, 0.25) is 6.29 Å². The van der Waals surface area contributed by atoms with Gasteiger partial charge in [-0.15, -0.1) is 0 Å². The van der Waals surface area contributed by atoms with E-state index in [1.807, 2.05) is 27.7 Å². The zero-order valence-corrected chi connectivity index (χ0v) is 29.2. The van der Waals surface area contributed by atoms with Gasteiger partial charge in [-0.3, -0.25) is 4.79 Å². The molecule has 0 spiro atoms. The summed E-state index contributed by atoms with van der Waals surface area (Å²) in [7, 11) is 1.54. The second-order valence-electron chi connectivity index (χ2n) is 16.0. The third-order valence-corrected chi connectivity index (χ3v) is 13.0. The maximum absolute atomic E-state index is 14.6. The first kappa shape index (κ1) is 37.1. The van der Waals surface area contributed by atoms with E-state index in [1.165, 1.54) is 13.0 Å². The molecule has 1 aliphatic heterocycles. The average molecular weight is 679 g/mol. The largest absolute Gasteiger partial charge is 0.504 e. The van der Waals surface area contributed by atoms with Crippen molar-refractivity contribution in [3.05, 3.63) is 34.9 Å². The number of ketones is 1. The number of fused-ring (bicyclic) bond motifs is 5. The first-order chi connectivity index (χ1) is 22.1. The number of phenolic OH excluding ortho intramolecular Hbond substituents is 1. The molecule has 12 nitrogen and oxygen atoms in total. The molecule has 48 heavy (non-hydrogen) atoms. The Morgan fingerprint density at radius 3 is 2.33 bits per heavy atom. The highest BCUT2D eigenvalue weighted by Crippen LogP contribution is 2.72. The van der Waals surface area contributed by atoms with Crippen molar-refractivity contribution < 1.29 is 59.9 Å². The number of aromatic hydroxyl groups is 1. The molecular formula is C36H54O12. The molecule has 1 aromatic rings. The van der Waals surface area contributed by atoms with Gasteiger partial charge in [-0.05, 0) is 93.4 Å². The first-order valence-corrected chi connectivity index (χ1v) is 16.8. The number of carbonyl (C=O) groups is 1. The number of phenols is 1. The SMILES string of the molecule is COC(C)(C)/C=C/C(O)[C@](C)(O)[C@H]1[C@H](O)CC2(C)[C@@H]3CCc4c(cc(O[C@@H]5O[C@H](CO)[C@@H](O)[C@H](O)[C@H]5O)c(O)c4C)[C@]3(C)C(=O)C[C@]12C. The summed E-state index contributed by atoms with van der Waals surface area (Å²) in [6.45, 7) is 12.1. The maximum atomic E-state index is 14.6. The molecule has 0 bridgehead atoms. The maximum Gasteiger partial charge on any atom is 0.229 e. The molecule has 0 radical (unpaired) electrons. The molecule has 1 heterocycles. The van der Waals surface area contributed by atoms with Crippen LogP contribution in [0.5, 0.6) is 11.5 Å². The normalized spacial score (nSPS) is 41.8. The Bertz CT molecular complexity index is 1440. The lowest BCUT2D eigenvalue weighted by Crippen LogP contribution is -2.64. The van der Waals surface area contributed by atoms with Gasteiger partial charge in [-0.1, -0.05) is 26.0 Å². The van der Waals surface area contributed by atoms with Crippen molar-refractivity contribution >= 4 is 5.78 Å². The van der Waals surface area contributed by atoms with Crippen LogP contribution in [-0.2, 0) is 26.1 Å². The standard InChI is InChI=1S/C36H54O12/c1-17-18-9-10-23-33(4)14-20(38)30(36(7,45)24(39)11-12-32(2,3)46-8)34(33,5)15-25(40)35(23,6)19(18)13-21(26(17)41)47-31-29(44)28(43)27(42)22(16-37)48-31/h11-13,20,22-24,27-31,37-39,41-45H,9-10,14-16H2,1-8H3/b12-11+/t20-,22-,23+,24?,27-,28+,29-,30+,31-,33?,34-,35+,36+/m1/s1. The number of rotatable bonds is 8. The molecule has 0 aromatic heterocycles. The van der Waals surface area contributed by atoms with Crippen molar-refractivity contribution in [3.8, 4) is 11.5 Å². The molecule has 2 unspecified atom stereocenters. The highest BCUT2D eigenvalue weighted by Gasteiger charge is 2.73. The summed E-state index contributed by atoms with van der Waals surface area (Å²) in [5, 5.41) is 86.9. The fourth-order valence-corrected chi connectivity index (χ4v) is 9.79. The van der Waals surface area contributed by atoms with E-state index in [2.05, 4.69) is 6.92 Å². The van der Waals surface area contributed by atoms with Crippen molar-refractivity contribution in [1.82, 2.24) is 0 Å². The molecule has 3 fully saturated rings. The summed E-state index contributed by atoms with van der Waals surface area (Å²) in [5.41, 5.74) is -3.23. The second kappa shape index (κ2) is 12.3. The molecular weight excluding hydrogens is 624 g/mol. The number of hydrogen-bond acceptors (Lipinski definition) is 12. The van der Waals surface area contributed by atoms with Crippen LogP contribution < -0.4 is 4.74 Å². The van der Waals surface area contributed by atoms with E-state index >= 15 is 0 Å². The van der Waals surface area contributed by atoms with E-state index in [-0.39, 0.29) is 29.6 Å². The Morgan fingerprint density at radius 1 is 1.08 bits per heavy atom. The van der Waals surface area contributed by atoms with Crippen molar-refractivity contribution in [1.29, 1.82) is 0 Å². The van der Waals surface area contributed by atoms with Gasteiger partial charge in [0.05, 0.1) is 29.3 Å². The number of methoxy groups -OCH3 is 1. The fourth-order valence-electron chi connectivity index (χ4n) is 9.79. The smallest absolute Gasteiger partial charge is 0.229 e. The summed E-state index contributed by atoms with van der Waals surface area (Å²) in [4.78, 5) is 14.6. The zero-order chi connectivity index (χ0) is 35.9. The summed E-state index contributed by atoms with van der Waals surface area (Å²) >= 11 is 0. The summed E-state index contributed by atoms with van der Waals surface area (Å²) < 4.78 is 16.9. The molecule has 270 valence electrons. The van der Waals surface area contributed by atoms with Crippen LogP contribution in [0.25, 0.3) is 0 Å².